The summed E-state index contributed by atoms with van der Waals surface area (Å²) in [5.74, 6) is -0.352. The van der Waals surface area contributed by atoms with Gasteiger partial charge in [0, 0.05) is 11.3 Å². The molecule has 1 aromatic heterocycles. The van der Waals surface area contributed by atoms with Gasteiger partial charge >= 0.3 is 0 Å². The molecule has 0 spiro atoms. The molecule has 0 unspecified atom stereocenters. The molecule has 0 bridgehead atoms. The van der Waals surface area contributed by atoms with Gasteiger partial charge < -0.3 is 10.3 Å². The molecule has 31 heavy (non-hydrogen) atoms. The number of fused-ring (bicyclic) bond motifs is 1. The Bertz CT molecular complexity index is 1510. The van der Waals surface area contributed by atoms with E-state index in [1.54, 1.807) is 42.5 Å². The maximum absolute atomic E-state index is 13.2. The molecular formula is C24H18N4O2S. The van der Waals surface area contributed by atoms with E-state index in [0.29, 0.717) is 27.7 Å². The summed E-state index contributed by atoms with van der Waals surface area (Å²) in [4.78, 5) is 29.0. The second-order valence-electron chi connectivity index (χ2n) is 7.20. The van der Waals surface area contributed by atoms with Gasteiger partial charge in [-0.3, -0.25) is 14.2 Å². The lowest BCUT2D eigenvalue weighted by Gasteiger charge is -2.13. The van der Waals surface area contributed by atoms with Crippen LogP contribution in [-0.4, -0.2) is 15.5 Å². The third-order valence-electron chi connectivity index (χ3n) is 5.23. The predicted molar refractivity (Wildman–Crippen MR) is 123 cm³/mol. The topological polar surface area (TPSA) is 90.7 Å². The normalized spacial score (nSPS) is 10.6. The van der Waals surface area contributed by atoms with E-state index in [2.05, 4.69) is 10.3 Å². The summed E-state index contributed by atoms with van der Waals surface area (Å²) >= 11 is 5.47. The molecule has 1 heterocycles. The zero-order chi connectivity index (χ0) is 22.1. The van der Waals surface area contributed by atoms with Gasteiger partial charge in [0.25, 0.3) is 11.5 Å². The van der Waals surface area contributed by atoms with Crippen LogP contribution in [0.25, 0.3) is 16.6 Å². The monoisotopic (exact) mass is 426 g/mol. The van der Waals surface area contributed by atoms with Crippen LogP contribution in [-0.2, 0) is 0 Å². The van der Waals surface area contributed by atoms with Crippen molar-refractivity contribution in [3.63, 3.8) is 0 Å². The molecule has 0 aliphatic carbocycles. The Hall–Kier alpha value is -4.02. The highest BCUT2D eigenvalue weighted by Crippen LogP contribution is 2.19. The number of nitrogens with one attached hydrogen (secondary N) is 2. The SMILES string of the molecule is Cc1cccc(-n2c(=S)[nH]c3cc(C(=O)Nc4cccc(C#N)c4)ccc3c2=O)c1C. The number of aromatic nitrogens is 2. The van der Waals surface area contributed by atoms with Crippen LogP contribution in [0.1, 0.15) is 27.0 Å². The van der Waals surface area contributed by atoms with Gasteiger partial charge in [-0.05, 0) is 79.7 Å². The first-order chi connectivity index (χ1) is 14.9. The number of hydrogen-bond donors (Lipinski definition) is 2. The van der Waals surface area contributed by atoms with Crippen molar-refractivity contribution in [3.8, 4) is 11.8 Å². The number of aromatic amines is 1. The number of anilines is 1. The fourth-order valence-electron chi connectivity index (χ4n) is 3.43. The molecule has 0 saturated carbocycles. The molecule has 0 aliphatic rings. The van der Waals surface area contributed by atoms with Crippen molar-refractivity contribution in [2.24, 2.45) is 0 Å². The Kier molecular flexibility index (Phi) is 5.24. The molecule has 0 fully saturated rings. The van der Waals surface area contributed by atoms with Crippen LogP contribution in [0.2, 0.25) is 0 Å². The van der Waals surface area contributed by atoms with Crippen LogP contribution in [0.4, 0.5) is 5.69 Å². The third kappa shape index (κ3) is 3.77. The number of hydrogen-bond acceptors (Lipinski definition) is 4. The third-order valence-corrected chi connectivity index (χ3v) is 5.51. The number of amides is 1. The molecule has 0 aliphatic heterocycles. The lowest BCUT2D eigenvalue weighted by Crippen LogP contribution is -2.22. The van der Waals surface area contributed by atoms with Crippen LogP contribution >= 0.6 is 12.2 Å². The van der Waals surface area contributed by atoms with E-state index in [1.165, 1.54) is 4.57 Å². The Morgan fingerprint density at radius 2 is 1.87 bits per heavy atom. The highest BCUT2D eigenvalue weighted by Gasteiger charge is 2.13. The van der Waals surface area contributed by atoms with E-state index >= 15 is 0 Å². The summed E-state index contributed by atoms with van der Waals surface area (Å²) in [6.07, 6.45) is 0. The van der Waals surface area contributed by atoms with E-state index in [1.807, 2.05) is 38.1 Å². The van der Waals surface area contributed by atoms with Crippen molar-refractivity contribution in [1.29, 1.82) is 5.26 Å². The second kappa shape index (κ2) is 8.01. The average Bonchev–Trinajstić information content (AvgIpc) is 2.76. The smallest absolute Gasteiger partial charge is 0.266 e. The number of carbonyl (C=O) groups is 1. The number of aryl methyl sites for hydroxylation is 1. The van der Waals surface area contributed by atoms with Crippen LogP contribution in [0.3, 0.4) is 0 Å². The van der Waals surface area contributed by atoms with E-state index in [-0.39, 0.29) is 16.2 Å². The minimum atomic E-state index is -0.352. The molecule has 4 aromatic rings. The van der Waals surface area contributed by atoms with Crippen molar-refractivity contribution in [1.82, 2.24) is 9.55 Å². The van der Waals surface area contributed by atoms with Gasteiger partial charge in [-0.1, -0.05) is 18.2 Å². The van der Waals surface area contributed by atoms with Gasteiger partial charge in [0.2, 0.25) is 0 Å². The minimum absolute atomic E-state index is 0.249. The first-order valence-electron chi connectivity index (χ1n) is 9.56. The minimum Gasteiger partial charge on any atom is -0.331 e. The zero-order valence-corrected chi connectivity index (χ0v) is 17.7. The largest absolute Gasteiger partial charge is 0.331 e. The van der Waals surface area contributed by atoms with Crippen LogP contribution < -0.4 is 10.9 Å². The number of H-pyrrole nitrogens is 1. The fraction of sp³-hybridized carbons (Fsp3) is 0.0833. The molecule has 0 saturated heterocycles. The highest BCUT2D eigenvalue weighted by molar-refractivity contribution is 7.71. The molecule has 152 valence electrons. The van der Waals surface area contributed by atoms with Gasteiger partial charge in [-0.2, -0.15) is 5.26 Å². The highest BCUT2D eigenvalue weighted by atomic mass is 32.1. The molecule has 0 atom stereocenters. The van der Waals surface area contributed by atoms with Gasteiger partial charge in [0.1, 0.15) is 0 Å². The summed E-state index contributed by atoms with van der Waals surface area (Å²) in [7, 11) is 0. The molecule has 7 heteroatoms. The van der Waals surface area contributed by atoms with Crippen molar-refractivity contribution in [3.05, 3.63) is 98.0 Å². The number of nitrogens with zero attached hydrogens (tertiary/aromatic N) is 2. The van der Waals surface area contributed by atoms with Gasteiger partial charge in [-0.15, -0.1) is 0 Å². The van der Waals surface area contributed by atoms with Crippen LogP contribution in [0, 0.1) is 29.9 Å². The van der Waals surface area contributed by atoms with Gasteiger partial charge in [0.15, 0.2) is 4.77 Å². The molecule has 0 radical (unpaired) electrons. The fourth-order valence-corrected chi connectivity index (χ4v) is 3.72. The predicted octanol–water partition coefficient (Wildman–Crippen LogP) is 4.79. The molecule has 4 rings (SSSR count). The van der Waals surface area contributed by atoms with Crippen molar-refractivity contribution >= 4 is 34.7 Å². The zero-order valence-electron chi connectivity index (χ0n) is 16.9. The van der Waals surface area contributed by atoms with E-state index < -0.39 is 0 Å². The van der Waals surface area contributed by atoms with E-state index in [0.717, 1.165) is 16.8 Å². The maximum Gasteiger partial charge on any atom is 0.266 e. The summed E-state index contributed by atoms with van der Waals surface area (Å²) in [5, 5.41) is 12.2. The molecule has 1 amide bonds. The Labute approximate surface area is 183 Å². The summed E-state index contributed by atoms with van der Waals surface area (Å²) < 4.78 is 1.73. The number of nitriles is 1. The maximum atomic E-state index is 13.2. The lowest BCUT2D eigenvalue weighted by atomic mass is 10.1. The van der Waals surface area contributed by atoms with E-state index in [9.17, 15) is 9.59 Å². The Morgan fingerprint density at radius 3 is 2.65 bits per heavy atom. The molecule has 3 aromatic carbocycles. The summed E-state index contributed by atoms with van der Waals surface area (Å²) in [5.41, 5.74) is 4.33. The van der Waals surface area contributed by atoms with Crippen molar-refractivity contribution < 1.29 is 4.79 Å². The quantitative estimate of drug-likeness (QED) is 0.461. The van der Waals surface area contributed by atoms with Crippen LogP contribution in [0.15, 0.2) is 65.5 Å². The second-order valence-corrected chi connectivity index (χ2v) is 7.58. The first-order valence-corrected chi connectivity index (χ1v) is 9.97. The van der Waals surface area contributed by atoms with E-state index in [4.69, 9.17) is 17.5 Å². The lowest BCUT2D eigenvalue weighted by molar-refractivity contribution is 0.102. The Morgan fingerprint density at radius 1 is 1.10 bits per heavy atom. The number of rotatable bonds is 3. The average molecular weight is 427 g/mol. The summed E-state index contributed by atoms with van der Waals surface area (Å²) in [6.45, 7) is 3.93. The van der Waals surface area contributed by atoms with Crippen molar-refractivity contribution in [2.75, 3.05) is 5.32 Å². The first kappa shape index (κ1) is 20.3. The van der Waals surface area contributed by atoms with Crippen LogP contribution in [0.5, 0.6) is 0 Å². The number of carbonyl (C=O) groups excluding carboxylic acids is 1. The molecule has 6 nitrogen and oxygen atoms in total. The molecular weight excluding hydrogens is 408 g/mol. The Balaban J connectivity index is 1.76. The number of benzene rings is 3. The van der Waals surface area contributed by atoms with Crippen molar-refractivity contribution in [2.45, 2.75) is 13.8 Å². The molecule has 2 N–H and O–H groups in total. The summed E-state index contributed by atoms with van der Waals surface area (Å²) in [6, 6.07) is 19.2. The van der Waals surface area contributed by atoms with Gasteiger partial charge in [-0.25, -0.2) is 0 Å². The van der Waals surface area contributed by atoms with Gasteiger partial charge in [0.05, 0.1) is 28.2 Å². The standard InChI is InChI=1S/C24H18N4O2S/c1-14-5-3-8-21(15(14)2)28-23(30)19-10-9-17(12-20(19)27-24(28)31)22(29)26-18-7-4-6-16(11-18)13-25/h3-12H,1-2H3,(H,26,29)(H,27,31).